The summed E-state index contributed by atoms with van der Waals surface area (Å²) in [5.41, 5.74) is 3.02. The molecular formula is C127H235N7O7. The molecule has 0 bridgehead atoms. The molecule has 141 heavy (non-hydrogen) atoms. The molecule has 0 aliphatic heterocycles. The summed E-state index contributed by atoms with van der Waals surface area (Å²) in [5.74, 6) is -4.01. The zero-order chi connectivity index (χ0) is 102. The molecule has 0 aromatic rings. The van der Waals surface area contributed by atoms with E-state index in [1.165, 1.54) is 275 Å². The van der Waals surface area contributed by atoms with Gasteiger partial charge in [0.2, 0.25) is 11.8 Å². The van der Waals surface area contributed by atoms with Crippen LogP contribution >= 0.6 is 0 Å². The van der Waals surface area contributed by atoms with Crippen molar-refractivity contribution in [3.8, 4) is 0 Å². The van der Waals surface area contributed by atoms with E-state index in [1.54, 1.807) is 7.05 Å². The number of carbonyl (C=O) groups is 7. The minimum absolute atomic E-state index is 0.0513. The van der Waals surface area contributed by atoms with Crippen LogP contribution in [0.4, 0.5) is 0 Å². The van der Waals surface area contributed by atoms with E-state index in [4.69, 9.17) is 0 Å². The van der Waals surface area contributed by atoms with E-state index in [2.05, 4.69) is 139 Å². The second kappa shape index (κ2) is 112. The number of unbranched alkanes of at least 4 members (excludes halogenated alkanes) is 77. The Morgan fingerprint density at radius 2 is 0.284 bits per heavy atom. The Balaban J connectivity index is 8.73. The van der Waals surface area contributed by atoms with Gasteiger partial charge in [-0.15, -0.1) is 25.6 Å². The maximum Gasteiger partial charge on any atom is 0.264 e. The van der Waals surface area contributed by atoms with Gasteiger partial charge < -0.3 is 0 Å². The molecule has 0 saturated heterocycles. The van der Waals surface area contributed by atoms with Gasteiger partial charge in [-0.1, -0.05) is 493 Å². The lowest BCUT2D eigenvalue weighted by molar-refractivity contribution is -0.316. The minimum Gasteiger partial charge on any atom is -0.273 e. The van der Waals surface area contributed by atoms with E-state index < -0.39 is 41.4 Å². The predicted octanol–water partition coefficient (Wildman–Crippen LogP) is 40.5. The lowest BCUT2D eigenvalue weighted by Gasteiger charge is -2.49. The molecule has 0 rings (SSSR count). The molecule has 0 aromatic carbocycles. The molecule has 0 radical (unpaired) electrons. The summed E-state index contributed by atoms with van der Waals surface area (Å²) in [5, 5.41) is 6.38. The third-order valence-electron chi connectivity index (χ3n) is 28.3. The van der Waals surface area contributed by atoms with Crippen molar-refractivity contribution in [2.24, 2.45) is 0 Å². The lowest BCUT2D eigenvalue weighted by atomic mass is 10.1. The van der Waals surface area contributed by atoms with Crippen molar-refractivity contribution >= 4 is 41.4 Å². The van der Waals surface area contributed by atoms with Crippen molar-refractivity contribution in [2.45, 2.75) is 678 Å². The van der Waals surface area contributed by atoms with Crippen LogP contribution in [0.5, 0.6) is 0 Å². The van der Waals surface area contributed by atoms with Gasteiger partial charge in [0.1, 0.15) is 0 Å². The molecule has 1 N–H and O–H groups in total. The Morgan fingerprint density at radius 3 is 0.475 bits per heavy atom. The van der Waals surface area contributed by atoms with E-state index in [0.717, 1.165) is 276 Å². The number of amides is 7. The van der Waals surface area contributed by atoms with Crippen molar-refractivity contribution in [3.63, 3.8) is 0 Å². The number of rotatable bonds is 105. The summed E-state index contributed by atoms with van der Waals surface area (Å²) in [6, 6.07) is 0. The van der Waals surface area contributed by atoms with Crippen LogP contribution in [0, 0.1) is 0 Å². The van der Waals surface area contributed by atoms with Crippen LogP contribution in [0.15, 0.2) is 85.1 Å². The molecule has 820 valence electrons. The van der Waals surface area contributed by atoms with Crippen LogP contribution in [0.1, 0.15) is 678 Å². The molecule has 14 heteroatoms. The molecule has 14 nitrogen and oxygen atoms in total. The highest BCUT2D eigenvalue weighted by molar-refractivity contribution is 5.90. The summed E-state index contributed by atoms with van der Waals surface area (Å²) in [6.45, 7) is 15.9. The second-order valence-electron chi connectivity index (χ2n) is 42.2. The fourth-order valence-electron chi connectivity index (χ4n) is 18.9. The normalized spacial score (nSPS) is 11.9. The molecule has 7 amide bonds. The standard InChI is InChI=1S/C127H235N7O7/c1-9-16-23-30-37-44-51-58-65-72-79-86-93-100-107-114-121(135)128-130(123(137)116-109-102-95-88-81-74-67-60-53-46-39-32-25-18-11-3)132(125(139)118-111-104-97-90-83-76-69-62-55-48-41-34-27-20-13-5)134(127(141)120-113-106-99-92-85-78-71-64-57-50-43-36-29-22-15-7)133(126(140)119-112-105-98-91-84-77-70-63-56-49-42-35-28-21-14-6)131(124(138)117-110-103-96-89-82-75-68-61-54-47-40-33-26-19-12-4)129(8)122(136)115-108-101-94-87-80-73-66-59-52-45-38-31-24-17-10-2/h58-71H,9-57,72-120H2,1-8H3,(H,128,135)/b65-58+,66-59+,67-60+,68-61+,69-62+,70-63+,71-64+. The zero-order valence-corrected chi connectivity index (χ0v) is 94.9. The first-order valence-corrected chi connectivity index (χ1v) is 62.2. The molecular weight excluding hydrogens is 1740 g/mol. The van der Waals surface area contributed by atoms with Crippen molar-refractivity contribution in [2.75, 3.05) is 7.05 Å². The average molecular weight is 1970 g/mol. The Labute approximate surface area is 875 Å². The maximum atomic E-state index is 16.8. The van der Waals surface area contributed by atoms with Gasteiger partial charge in [0.25, 0.3) is 29.5 Å². The minimum atomic E-state index is -0.675. The number of hydrazine groups is 6. The Hall–Kier alpha value is -5.53. The number of nitrogens with one attached hydrogen (secondary N) is 1. The van der Waals surface area contributed by atoms with Crippen LogP contribution in [0.2, 0.25) is 0 Å². The van der Waals surface area contributed by atoms with Gasteiger partial charge >= 0.3 is 0 Å². The predicted molar refractivity (Wildman–Crippen MR) is 611 cm³/mol. The van der Waals surface area contributed by atoms with E-state index >= 15 is 33.6 Å². The maximum absolute atomic E-state index is 16.8. The SMILES string of the molecule is CCCCCCCC/C=C/CCCCCCCC(=O)NN(C(=O)CCCCCCC/C=C/CCCCCCCC)N(C(=O)CCCCCCC/C=C/CCCCCCCC)N(C(=O)CCCCCCC/C=C/CCCCCCCC)N(C(=O)CCCCCCC/C=C/CCCCCCCC)N(C(=O)CCCCCCC/C=C/CCCCCCCC)N(C)C(=O)CCCCCCC/C=C/CCCCCCCC. The summed E-state index contributed by atoms with van der Waals surface area (Å²) < 4.78 is 0. The Kier molecular flexibility index (Phi) is 107. The van der Waals surface area contributed by atoms with Gasteiger partial charge in [0.15, 0.2) is 0 Å². The molecule has 0 unspecified atom stereocenters. The van der Waals surface area contributed by atoms with Gasteiger partial charge in [0.05, 0.1) is 0 Å². The van der Waals surface area contributed by atoms with Crippen LogP contribution in [0.3, 0.4) is 0 Å². The zero-order valence-electron chi connectivity index (χ0n) is 94.9. The molecule has 0 aliphatic rings. The third kappa shape index (κ3) is 90.5. The monoisotopic (exact) mass is 1970 g/mol. The molecule has 0 aromatic heterocycles. The smallest absolute Gasteiger partial charge is 0.264 e. The number of hydrogen-bond acceptors (Lipinski definition) is 7. The molecule has 0 heterocycles. The first-order chi connectivity index (χ1) is 69.4. The van der Waals surface area contributed by atoms with Crippen molar-refractivity contribution in [1.29, 1.82) is 0 Å². The van der Waals surface area contributed by atoms with Crippen LogP contribution in [-0.4, -0.2) is 79.0 Å². The van der Waals surface area contributed by atoms with Gasteiger partial charge in [0, 0.05) is 52.0 Å². The third-order valence-corrected chi connectivity index (χ3v) is 28.3. The van der Waals surface area contributed by atoms with Crippen LogP contribution in [0.25, 0.3) is 0 Å². The number of allylic oxidation sites excluding steroid dienone is 14. The fourth-order valence-corrected chi connectivity index (χ4v) is 18.9. The summed E-state index contributed by atoms with van der Waals surface area (Å²) >= 11 is 0. The average Bonchev–Trinajstić information content (AvgIpc) is 0.767. The highest BCUT2D eigenvalue weighted by atomic mass is 16.3. The number of carbonyl (C=O) groups excluding carboxylic acids is 7. The fraction of sp³-hybridized carbons (Fsp3) is 0.835. The van der Waals surface area contributed by atoms with Crippen molar-refractivity contribution < 1.29 is 33.6 Å². The highest BCUT2D eigenvalue weighted by Crippen LogP contribution is 2.28. The quantitative estimate of drug-likeness (QED) is 0.0362. The van der Waals surface area contributed by atoms with Crippen LogP contribution < -0.4 is 5.43 Å². The molecule has 0 atom stereocenters. The van der Waals surface area contributed by atoms with E-state index in [0.29, 0.717) is 64.2 Å². The molecule has 0 fully saturated rings. The Morgan fingerprint density at radius 1 is 0.149 bits per heavy atom. The van der Waals surface area contributed by atoms with E-state index in [1.807, 2.05) is 0 Å². The number of nitrogens with zero attached hydrogens (tertiary/aromatic N) is 6. The van der Waals surface area contributed by atoms with E-state index in [-0.39, 0.29) is 44.9 Å². The van der Waals surface area contributed by atoms with Crippen LogP contribution in [-0.2, 0) is 33.6 Å². The molecule has 0 spiro atoms. The molecule has 0 saturated carbocycles. The highest BCUT2D eigenvalue weighted by Gasteiger charge is 2.46. The summed E-state index contributed by atoms with van der Waals surface area (Å²) in [4.78, 5) is 114. The van der Waals surface area contributed by atoms with Gasteiger partial charge in [-0.3, -0.25) is 33.6 Å². The van der Waals surface area contributed by atoms with Crippen molar-refractivity contribution in [3.05, 3.63) is 85.1 Å². The summed E-state index contributed by atoms with van der Waals surface area (Å²) in [6.07, 6.45) is 130. The largest absolute Gasteiger partial charge is 0.273 e. The Bertz CT molecular complexity index is 2970. The number of hydrogen-bond donors (Lipinski definition) is 1. The van der Waals surface area contributed by atoms with Gasteiger partial charge in [-0.25, -0.2) is 10.4 Å². The van der Waals surface area contributed by atoms with Gasteiger partial charge in [-0.05, 0) is 225 Å². The summed E-state index contributed by atoms with van der Waals surface area (Å²) in [7, 11) is 1.55. The van der Waals surface area contributed by atoms with Crippen molar-refractivity contribution in [1.82, 2.24) is 36.0 Å². The topological polar surface area (TPSA) is 151 Å². The molecule has 0 aliphatic carbocycles. The first kappa shape index (κ1) is 135. The first-order valence-electron chi connectivity index (χ1n) is 62.2. The van der Waals surface area contributed by atoms with E-state index in [9.17, 15) is 0 Å². The van der Waals surface area contributed by atoms with Gasteiger partial charge in [-0.2, -0.15) is 0 Å². The lowest BCUT2D eigenvalue weighted by Crippen LogP contribution is -2.74. The second-order valence-corrected chi connectivity index (χ2v) is 42.2.